The molecule has 5 heteroatoms. The van der Waals surface area contributed by atoms with Gasteiger partial charge in [0.05, 0.1) is 11.4 Å². The van der Waals surface area contributed by atoms with Crippen molar-refractivity contribution in [1.29, 1.82) is 0 Å². The van der Waals surface area contributed by atoms with E-state index in [4.69, 9.17) is 0 Å². The quantitative estimate of drug-likeness (QED) is 0.652. The summed E-state index contributed by atoms with van der Waals surface area (Å²) in [5.74, 6) is 0.133. The highest BCUT2D eigenvalue weighted by Crippen LogP contribution is 2.16. The minimum atomic E-state index is -2.81. The van der Waals surface area contributed by atoms with Crippen molar-refractivity contribution in [3.05, 3.63) is 59.7 Å². The lowest BCUT2D eigenvalue weighted by Gasteiger charge is -2.06. The van der Waals surface area contributed by atoms with E-state index in [-0.39, 0.29) is 5.75 Å². The molecule has 0 saturated carbocycles. The van der Waals surface area contributed by atoms with E-state index in [0.29, 0.717) is 0 Å². The minimum absolute atomic E-state index is 0.133. The van der Waals surface area contributed by atoms with Gasteiger partial charge in [0, 0.05) is 0 Å². The summed E-state index contributed by atoms with van der Waals surface area (Å²) in [5.41, 5.74) is 6.58. The Labute approximate surface area is 122 Å². The summed E-state index contributed by atoms with van der Waals surface area (Å²) in [6.07, 6.45) is 0. The third kappa shape index (κ3) is 4.56. The Morgan fingerprint density at radius 1 is 1.14 bits per heavy atom. The summed E-state index contributed by atoms with van der Waals surface area (Å²) < 4.78 is 28.4. The lowest BCUT2D eigenvalue weighted by atomic mass is 10.1. The second-order valence-electron chi connectivity index (χ2n) is 4.58. The number of hydrogen-bond acceptors (Lipinski definition) is 3. The first-order chi connectivity index (χ1) is 10.0. The molecule has 0 spiro atoms. The fourth-order valence-corrected chi connectivity index (χ4v) is 1.81. The maximum atomic E-state index is 12.1. The largest absolute Gasteiger partial charge is 0.435 e. The summed E-state index contributed by atoms with van der Waals surface area (Å²) in [4.78, 5) is 0. The van der Waals surface area contributed by atoms with Gasteiger partial charge in [0.1, 0.15) is 5.75 Å². The fraction of sp³-hybridized carbons (Fsp3) is 0.188. The SMILES string of the molecule is C/C(=N/Nc1cccc(C)c1)c1ccc(OC(F)F)cc1. The van der Waals surface area contributed by atoms with Crippen LogP contribution < -0.4 is 10.2 Å². The summed E-state index contributed by atoms with van der Waals surface area (Å²) in [7, 11) is 0. The number of ether oxygens (including phenoxy) is 1. The number of benzene rings is 2. The van der Waals surface area contributed by atoms with Gasteiger partial charge in [-0.1, -0.05) is 12.1 Å². The van der Waals surface area contributed by atoms with Crippen LogP contribution in [0.5, 0.6) is 5.75 Å². The van der Waals surface area contributed by atoms with Gasteiger partial charge >= 0.3 is 6.61 Å². The van der Waals surface area contributed by atoms with E-state index in [1.54, 1.807) is 12.1 Å². The van der Waals surface area contributed by atoms with Gasteiger partial charge in [-0.05, 0) is 61.4 Å². The van der Waals surface area contributed by atoms with Crippen molar-refractivity contribution in [2.24, 2.45) is 5.10 Å². The van der Waals surface area contributed by atoms with Gasteiger partial charge in [0.15, 0.2) is 0 Å². The molecule has 0 aliphatic heterocycles. The van der Waals surface area contributed by atoms with E-state index in [0.717, 1.165) is 22.5 Å². The normalized spacial score (nSPS) is 11.6. The van der Waals surface area contributed by atoms with Crippen LogP contribution in [0.1, 0.15) is 18.1 Å². The predicted molar refractivity (Wildman–Crippen MR) is 80.1 cm³/mol. The van der Waals surface area contributed by atoms with E-state index in [9.17, 15) is 8.78 Å². The van der Waals surface area contributed by atoms with Gasteiger partial charge in [-0.25, -0.2) is 0 Å². The number of rotatable bonds is 5. The molecule has 0 aliphatic carbocycles. The second-order valence-corrected chi connectivity index (χ2v) is 4.58. The van der Waals surface area contributed by atoms with Crippen LogP contribution in [-0.4, -0.2) is 12.3 Å². The zero-order chi connectivity index (χ0) is 15.2. The molecule has 0 aromatic heterocycles. The number of halogens is 2. The molecule has 3 nitrogen and oxygen atoms in total. The summed E-state index contributed by atoms with van der Waals surface area (Å²) in [6.45, 7) is 1.03. The molecule has 1 N–H and O–H groups in total. The smallest absolute Gasteiger partial charge is 0.387 e. The molecule has 0 bridgehead atoms. The Bertz CT molecular complexity index is 624. The number of aryl methyl sites for hydroxylation is 1. The molecule has 2 aromatic carbocycles. The maximum Gasteiger partial charge on any atom is 0.387 e. The number of hydrogen-bond donors (Lipinski definition) is 1. The van der Waals surface area contributed by atoms with E-state index >= 15 is 0 Å². The molecule has 0 saturated heterocycles. The first-order valence-electron chi connectivity index (χ1n) is 6.47. The van der Waals surface area contributed by atoms with Crippen LogP contribution in [-0.2, 0) is 0 Å². The van der Waals surface area contributed by atoms with Crippen molar-refractivity contribution in [3.63, 3.8) is 0 Å². The molecular formula is C16H16F2N2O. The fourth-order valence-electron chi connectivity index (χ4n) is 1.81. The van der Waals surface area contributed by atoms with Gasteiger partial charge in [0.25, 0.3) is 0 Å². The zero-order valence-corrected chi connectivity index (χ0v) is 11.8. The standard InChI is InChI=1S/C16H16F2N2O/c1-11-4-3-5-14(10-11)20-19-12(2)13-6-8-15(9-7-13)21-16(17)18/h3-10,16,20H,1-2H3/b19-12-. The molecule has 2 rings (SSSR count). The Morgan fingerprint density at radius 3 is 2.48 bits per heavy atom. The summed E-state index contributed by atoms with van der Waals surface area (Å²) in [6, 6.07) is 14.2. The van der Waals surface area contributed by atoms with Gasteiger partial charge in [-0.2, -0.15) is 13.9 Å². The molecule has 0 heterocycles. The van der Waals surface area contributed by atoms with Crippen LogP contribution in [0.3, 0.4) is 0 Å². The highest BCUT2D eigenvalue weighted by molar-refractivity contribution is 5.99. The molecule has 0 aliphatic rings. The molecular weight excluding hydrogens is 274 g/mol. The third-order valence-electron chi connectivity index (χ3n) is 2.87. The van der Waals surface area contributed by atoms with E-state index in [1.165, 1.54) is 12.1 Å². The van der Waals surface area contributed by atoms with Crippen molar-refractivity contribution in [2.75, 3.05) is 5.43 Å². The lowest BCUT2D eigenvalue weighted by molar-refractivity contribution is -0.0498. The summed E-state index contributed by atoms with van der Waals surface area (Å²) in [5, 5.41) is 4.27. The highest BCUT2D eigenvalue weighted by Gasteiger charge is 2.04. The van der Waals surface area contributed by atoms with Crippen LogP contribution in [0.2, 0.25) is 0 Å². The summed E-state index contributed by atoms with van der Waals surface area (Å²) >= 11 is 0. The van der Waals surface area contributed by atoms with Crippen LogP contribution >= 0.6 is 0 Å². The average Bonchev–Trinajstić information content (AvgIpc) is 2.45. The van der Waals surface area contributed by atoms with E-state index in [2.05, 4.69) is 15.3 Å². The molecule has 0 fully saturated rings. The molecule has 0 amide bonds. The molecule has 110 valence electrons. The number of nitrogens with zero attached hydrogens (tertiary/aromatic N) is 1. The van der Waals surface area contributed by atoms with Crippen LogP contribution in [0, 0.1) is 6.92 Å². The average molecular weight is 290 g/mol. The Kier molecular flexibility index (Phi) is 4.87. The first-order valence-corrected chi connectivity index (χ1v) is 6.47. The van der Waals surface area contributed by atoms with Crippen LogP contribution in [0.15, 0.2) is 53.6 Å². The van der Waals surface area contributed by atoms with Crippen molar-refractivity contribution in [3.8, 4) is 5.75 Å². The van der Waals surface area contributed by atoms with Crippen molar-refractivity contribution in [1.82, 2.24) is 0 Å². The molecule has 0 unspecified atom stereocenters. The van der Waals surface area contributed by atoms with Crippen LogP contribution in [0.25, 0.3) is 0 Å². The van der Waals surface area contributed by atoms with E-state index in [1.807, 2.05) is 38.1 Å². The Balaban J connectivity index is 2.05. The number of hydrazone groups is 1. The third-order valence-corrected chi connectivity index (χ3v) is 2.87. The van der Waals surface area contributed by atoms with E-state index < -0.39 is 6.61 Å². The van der Waals surface area contributed by atoms with Gasteiger partial charge in [-0.3, -0.25) is 5.43 Å². The van der Waals surface area contributed by atoms with Crippen molar-refractivity contribution >= 4 is 11.4 Å². The Hall–Kier alpha value is -2.43. The predicted octanol–water partition coefficient (Wildman–Crippen LogP) is 4.43. The molecule has 0 radical (unpaired) electrons. The maximum absolute atomic E-state index is 12.1. The zero-order valence-electron chi connectivity index (χ0n) is 11.8. The van der Waals surface area contributed by atoms with Crippen molar-refractivity contribution < 1.29 is 13.5 Å². The van der Waals surface area contributed by atoms with Gasteiger partial charge < -0.3 is 4.74 Å². The first kappa shape index (κ1) is 15.0. The van der Waals surface area contributed by atoms with Gasteiger partial charge in [-0.15, -0.1) is 0 Å². The minimum Gasteiger partial charge on any atom is -0.435 e. The van der Waals surface area contributed by atoms with Crippen LogP contribution in [0.4, 0.5) is 14.5 Å². The Morgan fingerprint density at radius 2 is 1.86 bits per heavy atom. The number of anilines is 1. The molecule has 2 aromatic rings. The lowest BCUT2D eigenvalue weighted by Crippen LogP contribution is -2.03. The highest BCUT2D eigenvalue weighted by atomic mass is 19.3. The van der Waals surface area contributed by atoms with Crippen molar-refractivity contribution in [2.45, 2.75) is 20.5 Å². The number of alkyl halides is 2. The number of nitrogens with one attached hydrogen (secondary N) is 1. The molecule has 21 heavy (non-hydrogen) atoms. The second kappa shape index (κ2) is 6.83. The monoisotopic (exact) mass is 290 g/mol. The van der Waals surface area contributed by atoms with Gasteiger partial charge in [0.2, 0.25) is 0 Å². The topological polar surface area (TPSA) is 33.6 Å². The molecule has 0 atom stereocenters.